The lowest BCUT2D eigenvalue weighted by atomic mass is 10.1. The number of Topliss-reactive ketones (excluding diaryl/α,β-unsaturated/α-hetero) is 1. The van der Waals surface area contributed by atoms with E-state index in [1.807, 2.05) is 31.2 Å². The number of aryl methyl sites for hydroxylation is 1. The molecule has 2 heterocycles. The second kappa shape index (κ2) is 9.19. The molecule has 4 rings (SSSR count). The summed E-state index contributed by atoms with van der Waals surface area (Å²) in [5.41, 5.74) is 1.95. The summed E-state index contributed by atoms with van der Waals surface area (Å²) in [6.07, 6.45) is -1.03. The quantitative estimate of drug-likeness (QED) is 0.430. The van der Waals surface area contributed by atoms with Gasteiger partial charge in [0.1, 0.15) is 23.1 Å². The van der Waals surface area contributed by atoms with E-state index in [0.29, 0.717) is 27.8 Å². The third kappa shape index (κ3) is 4.94. The summed E-state index contributed by atoms with van der Waals surface area (Å²) in [6.45, 7) is 3.63. The first-order valence-electron chi connectivity index (χ1n) is 9.85. The van der Waals surface area contributed by atoms with Crippen LogP contribution in [0.1, 0.15) is 38.3 Å². The fourth-order valence-corrected chi connectivity index (χ4v) is 3.67. The maximum atomic E-state index is 12.7. The lowest BCUT2D eigenvalue weighted by Gasteiger charge is -2.19. The predicted molar refractivity (Wildman–Crippen MR) is 117 cm³/mol. The summed E-state index contributed by atoms with van der Waals surface area (Å²) in [5, 5.41) is 4.83. The normalized spacial score (nSPS) is 13.4. The summed E-state index contributed by atoms with van der Waals surface area (Å²) in [7, 11) is 0. The number of hydrogen-bond acceptors (Lipinski definition) is 8. The molecule has 0 spiro atoms. The van der Waals surface area contributed by atoms with Gasteiger partial charge in [-0.2, -0.15) is 0 Å². The summed E-state index contributed by atoms with van der Waals surface area (Å²) < 4.78 is 16.3. The van der Waals surface area contributed by atoms with Crippen molar-refractivity contribution in [1.82, 2.24) is 4.98 Å². The molecule has 164 valence electrons. The van der Waals surface area contributed by atoms with Crippen LogP contribution in [0.2, 0.25) is 0 Å². The first-order valence-corrected chi connectivity index (χ1v) is 10.7. The van der Waals surface area contributed by atoms with Gasteiger partial charge in [0.15, 0.2) is 18.4 Å². The molecule has 1 amide bonds. The van der Waals surface area contributed by atoms with Crippen molar-refractivity contribution < 1.29 is 28.6 Å². The minimum Gasteiger partial charge on any atom is -0.486 e. The Bertz CT molecular complexity index is 1170. The Morgan fingerprint density at radius 3 is 2.78 bits per heavy atom. The molecule has 1 atom stereocenters. The highest BCUT2D eigenvalue weighted by atomic mass is 32.1. The summed E-state index contributed by atoms with van der Waals surface area (Å²) in [6, 6.07) is 12.3. The molecule has 0 saturated carbocycles. The molecule has 0 unspecified atom stereocenters. The fourth-order valence-electron chi connectivity index (χ4n) is 3.00. The van der Waals surface area contributed by atoms with E-state index < -0.39 is 17.9 Å². The zero-order valence-electron chi connectivity index (χ0n) is 17.4. The maximum Gasteiger partial charge on any atom is 0.358 e. The number of carbonyl (C=O) groups is 3. The van der Waals surface area contributed by atoms with Gasteiger partial charge in [-0.3, -0.25) is 9.59 Å². The molecule has 3 aromatic rings. The van der Waals surface area contributed by atoms with E-state index in [1.165, 1.54) is 24.3 Å². The van der Waals surface area contributed by atoms with Crippen molar-refractivity contribution in [3.63, 3.8) is 0 Å². The molecule has 32 heavy (non-hydrogen) atoms. The zero-order valence-corrected chi connectivity index (χ0v) is 18.2. The number of hydrogen-bond donors (Lipinski definition) is 1. The lowest BCUT2D eigenvalue weighted by Crippen LogP contribution is -2.27. The number of rotatable bonds is 7. The molecule has 1 aliphatic rings. The van der Waals surface area contributed by atoms with Crippen molar-refractivity contribution >= 4 is 34.7 Å². The minimum atomic E-state index is -1.03. The number of esters is 1. The average molecular weight is 452 g/mol. The fraction of sp³-hybridized carbons (Fsp3) is 0.217. The highest BCUT2D eigenvalue weighted by Gasteiger charge is 2.24. The molecule has 2 aromatic carbocycles. The van der Waals surface area contributed by atoms with Crippen molar-refractivity contribution in [3.05, 3.63) is 69.7 Å². The number of nitrogens with zero attached hydrogens (tertiary/aromatic N) is 1. The SMILES string of the molecule is Cc1ccc(OCc2nc(C(=O)O[C@@H](C)C(=O)c3ccc4c(c3)NC(=O)CO4)cs2)cc1. The number of thiazole rings is 1. The van der Waals surface area contributed by atoms with Gasteiger partial charge >= 0.3 is 5.97 Å². The molecule has 0 bridgehead atoms. The third-order valence-corrected chi connectivity index (χ3v) is 5.52. The van der Waals surface area contributed by atoms with Crippen LogP contribution in [-0.4, -0.2) is 35.4 Å². The Kier molecular flexibility index (Phi) is 6.18. The number of aromatic nitrogens is 1. The van der Waals surface area contributed by atoms with E-state index in [2.05, 4.69) is 10.3 Å². The number of anilines is 1. The van der Waals surface area contributed by atoms with Crippen molar-refractivity contribution in [1.29, 1.82) is 0 Å². The number of benzene rings is 2. The molecule has 0 fully saturated rings. The Balaban J connectivity index is 1.35. The number of fused-ring (bicyclic) bond motifs is 1. The summed E-state index contributed by atoms with van der Waals surface area (Å²) in [4.78, 5) is 40.9. The zero-order chi connectivity index (χ0) is 22.7. The van der Waals surface area contributed by atoms with Gasteiger partial charge in [-0.05, 0) is 44.2 Å². The molecule has 8 nitrogen and oxygen atoms in total. The number of carbonyl (C=O) groups excluding carboxylic acids is 3. The molecule has 0 aliphatic carbocycles. The number of ether oxygens (including phenoxy) is 3. The van der Waals surface area contributed by atoms with E-state index in [1.54, 1.807) is 17.5 Å². The van der Waals surface area contributed by atoms with Crippen LogP contribution < -0.4 is 14.8 Å². The standard InChI is InChI=1S/C23H20N2O6S/c1-13-3-6-16(7-4-13)29-11-21-25-18(12-32-21)23(28)31-14(2)22(27)15-5-8-19-17(9-15)24-20(26)10-30-19/h3-9,12,14H,10-11H2,1-2H3,(H,24,26)/t14-/m0/s1. The molecule has 0 radical (unpaired) electrons. The third-order valence-electron chi connectivity index (χ3n) is 4.69. The molecule has 1 aromatic heterocycles. The van der Waals surface area contributed by atoms with Crippen LogP contribution >= 0.6 is 11.3 Å². The smallest absolute Gasteiger partial charge is 0.358 e. The van der Waals surface area contributed by atoms with Gasteiger partial charge in [0.2, 0.25) is 5.78 Å². The Labute approximate surface area is 188 Å². The lowest BCUT2D eigenvalue weighted by molar-refractivity contribution is -0.118. The van der Waals surface area contributed by atoms with E-state index >= 15 is 0 Å². The molecule has 1 N–H and O–H groups in total. The largest absolute Gasteiger partial charge is 0.486 e. The molecule has 0 saturated heterocycles. The molecular formula is C23H20N2O6S. The van der Waals surface area contributed by atoms with Crippen LogP contribution in [-0.2, 0) is 16.1 Å². The maximum absolute atomic E-state index is 12.7. The van der Waals surface area contributed by atoms with Crippen molar-refractivity contribution in [2.24, 2.45) is 0 Å². The topological polar surface area (TPSA) is 104 Å². The van der Waals surface area contributed by atoms with Crippen LogP contribution in [0.3, 0.4) is 0 Å². The van der Waals surface area contributed by atoms with Gasteiger partial charge < -0.3 is 19.5 Å². The molecule has 9 heteroatoms. The highest BCUT2D eigenvalue weighted by Crippen LogP contribution is 2.29. The minimum absolute atomic E-state index is 0.0694. The number of amides is 1. The van der Waals surface area contributed by atoms with E-state index in [-0.39, 0.29) is 24.8 Å². The van der Waals surface area contributed by atoms with Crippen LogP contribution in [0.4, 0.5) is 5.69 Å². The second-order valence-corrected chi connectivity index (χ2v) is 8.13. The Hall–Kier alpha value is -3.72. The van der Waals surface area contributed by atoms with Crippen molar-refractivity contribution in [2.75, 3.05) is 11.9 Å². The number of nitrogens with one attached hydrogen (secondary N) is 1. The van der Waals surface area contributed by atoms with E-state index in [0.717, 1.165) is 5.56 Å². The van der Waals surface area contributed by atoms with Gasteiger partial charge in [-0.1, -0.05) is 17.7 Å². The molecule has 1 aliphatic heterocycles. The summed E-state index contributed by atoms with van der Waals surface area (Å²) >= 11 is 1.27. The first-order chi connectivity index (χ1) is 15.4. The Morgan fingerprint density at radius 2 is 2.00 bits per heavy atom. The predicted octanol–water partition coefficient (Wildman–Crippen LogP) is 3.79. The van der Waals surface area contributed by atoms with Crippen LogP contribution in [0.15, 0.2) is 47.8 Å². The second-order valence-electron chi connectivity index (χ2n) is 7.19. The van der Waals surface area contributed by atoms with Gasteiger partial charge in [0, 0.05) is 10.9 Å². The Morgan fingerprint density at radius 1 is 1.22 bits per heavy atom. The van der Waals surface area contributed by atoms with Gasteiger partial charge in [-0.25, -0.2) is 9.78 Å². The van der Waals surface area contributed by atoms with Crippen molar-refractivity contribution in [3.8, 4) is 11.5 Å². The average Bonchev–Trinajstić information content (AvgIpc) is 3.27. The van der Waals surface area contributed by atoms with Crippen molar-refractivity contribution in [2.45, 2.75) is 26.6 Å². The van der Waals surface area contributed by atoms with Crippen LogP contribution in [0, 0.1) is 6.92 Å². The van der Waals surface area contributed by atoms with Crippen LogP contribution in [0.25, 0.3) is 0 Å². The van der Waals surface area contributed by atoms with Gasteiger partial charge in [0.25, 0.3) is 5.91 Å². The summed E-state index contributed by atoms with van der Waals surface area (Å²) in [5.74, 6) is -0.209. The monoisotopic (exact) mass is 452 g/mol. The number of ketones is 1. The van der Waals surface area contributed by atoms with E-state index in [9.17, 15) is 14.4 Å². The van der Waals surface area contributed by atoms with E-state index in [4.69, 9.17) is 14.2 Å². The van der Waals surface area contributed by atoms with Gasteiger partial charge in [-0.15, -0.1) is 11.3 Å². The molecular weight excluding hydrogens is 432 g/mol. The van der Waals surface area contributed by atoms with Crippen LogP contribution in [0.5, 0.6) is 11.5 Å². The highest BCUT2D eigenvalue weighted by molar-refractivity contribution is 7.09. The first kappa shape index (κ1) is 21.5. The van der Waals surface area contributed by atoms with Gasteiger partial charge in [0.05, 0.1) is 5.69 Å².